The highest BCUT2D eigenvalue weighted by Gasteiger charge is 2.09. The number of rotatable bonds is 8. The summed E-state index contributed by atoms with van der Waals surface area (Å²) in [6.45, 7) is 0. The molecule has 0 aliphatic carbocycles. The van der Waals surface area contributed by atoms with E-state index >= 15 is 0 Å². The standard InChI is InChI=1S/C24H19N3O4S2/c1-30-18-11-9-17(10-12-18)23(29)31-19-6-4-5-16(13-19)14-25-27-22(28)15-32-24-26-20-7-2-3-8-21(20)33-24/h2-14H,15H2,1H3,(H,27,28). The zero-order valence-electron chi connectivity index (χ0n) is 17.6. The minimum absolute atomic E-state index is 0.205. The summed E-state index contributed by atoms with van der Waals surface area (Å²) in [7, 11) is 1.56. The van der Waals surface area contributed by atoms with Crippen LogP contribution in [0.5, 0.6) is 11.5 Å². The van der Waals surface area contributed by atoms with Crippen molar-refractivity contribution in [3.8, 4) is 11.5 Å². The molecular weight excluding hydrogens is 458 g/mol. The molecule has 0 radical (unpaired) electrons. The van der Waals surface area contributed by atoms with E-state index in [1.165, 1.54) is 18.0 Å². The number of nitrogens with one attached hydrogen (secondary N) is 1. The van der Waals surface area contributed by atoms with Gasteiger partial charge in [0.05, 0.1) is 34.9 Å². The van der Waals surface area contributed by atoms with Gasteiger partial charge in [0.1, 0.15) is 11.5 Å². The summed E-state index contributed by atoms with van der Waals surface area (Å²) in [4.78, 5) is 28.9. The Morgan fingerprint density at radius 1 is 1.06 bits per heavy atom. The molecule has 0 saturated heterocycles. The Morgan fingerprint density at radius 2 is 1.88 bits per heavy atom. The van der Waals surface area contributed by atoms with Crippen LogP contribution in [0.3, 0.4) is 0 Å². The van der Waals surface area contributed by atoms with Gasteiger partial charge in [-0.05, 0) is 54.1 Å². The van der Waals surface area contributed by atoms with E-state index in [4.69, 9.17) is 9.47 Å². The Kier molecular flexibility index (Phi) is 7.33. The Bertz CT molecular complexity index is 1270. The molecule has 0 bridgehead atoms. The number of carbonyl (C=O) groups excluding carboxylic acids is 2. The smallest absolute Gasteiger partial charge is 0.343 e. The third kappa shape index (κ3) is 6.18. The van der Waals surface area contributed by atoms with E-state index in [2.05, 4.69) is 15.5 Å². The number of thioether (sulfide) groups is 1. The molecule has 1 amide bonds. The van der Waals surface area contributed by atoms with Crippen LogP contribution in [-0.4, -0.2) is 35.9 Å². The van der Waals surface area contributed by atoms with Crippen molar-refractivity contribution in [2.45, 2.75) is 4.34 Å². The second-order valence-corrected chi connectivity index (χ2v) is 8.97. The minimum Gasteiger partial charge on any atom is -0.497 e. The molecule has 4 aromatic rings. The maximum Gasteiger partial charge on any atom is 0.343 e. The molecule has 4 rings (SSSR count). The van der Waals surface area contributed by atoms with Crippen molar-refractivity contribution in [2.24, 2.45) is 5.10 Å². The quantitative estimate of drug-likeness (QED) is 0.129. The van der Waals surface area contributed by atoms with Crippen molar-refractivity contribution < 1.29 is 19.1 Å². The van der Waals surface area contributed by atoms with E-state index < -0.39 is 5.97 Å². The molecule has 0 fully saturated rings. The van der Waals surface area contributed by atoms with Crippen LogP contribution in [0.25, 0.3) is 10.2 Å². The Morgan fingerprint density at radius 3 is 2.67 bits per heavy atom. The number of aromatic nitrogens is 1. The van der Waals surface area contributed by atoms with Gasteiger partial charge in [0.2, 0.25) is 0 Å². The zero-order chi connectivity index (χ0) is 23.0. The van der Waals surface area contributed by atoms with Gasteiger partial charge in [0, 0.05) is 0 Å². The number of esters is 1. The molecule has 33 heavy (non-hydrogen) atoms. The molecular formula is C24H19N3O4S2. The van der Waals surface area contributed by atoms with E-state index in [-0.39, 0.29) is 11.7 Å². The van der Waals surface area contributed by atoms with Crippen molar-refractivity contribution >= 4 is 51.4 Å². The lowest BCUT2D eigenvalue weighted by molar-refractivity contribution is -0.118. The molecule has 1 heterocycles. The van der Waals surface area contributed by atoms with Crippen LogP contribution in [0.2, 0.25) is 0 Å². The van der Waals surface area contributed by atoms with E-state index in [0.717, 1.165) is 14.6 Å². The summed E-state index contributed by atoms with van der Waals surface area (Å²) in [5.41, 5.74) is 4.51. The number of hydrogen-bond acceptors (Lipinski definition) is 8. The largest absolute Gasteiger partial charge is 0.497 e. The van der Waals surface area contributed by atoms with Crippen LogP contribution in [0.1, 0.15) is 15.9 Å². The van der Waals surface area contributed by atoms with Crippen LogP contribution >= 0.6 is 23.1 Å². The number of nitrogens with zero attached hydrogens (tertiary/aromatic N) is 2. The fourth-order valence-electron chi connectivity index (χ4n) is 2.80. The maximum absolute atomic E-state index is 12.3. The molecule has 3 aromatic carbocycles. The molecule has 9 heteroatoms. The van der Waals surface area contributed by atoms with Gasteiger partial charge >= 0.3 is 5.97 Å². The first-order chi connectivity index (χ1) is 16.1. The fourth-order valence-corrected chi connectivity index (χ4v) is 4.66. The Labute approximate surface area is 198 Å². The summed E-state index contributed by atoms with van der Waals surface area (Å²) in [5, 5.41) is 3.98. The maximum atomic E-state index is 12.3. The van der Waals surface area contributed by atoms with E-state index in [1.807, 2.05) is 24.3 Å². The molecule has 0 unspecified atom stereocenters. The molecule has 1 aromatic heterocycles. The topological polar surface area (TPSA) is 89.9 Å². The lowest BCUT2D eigenvalue weighted by Gasteiger charge is -2.06. The molecule has 0 saturated carbocycles. The number of amides is 1. The van der Waals surface area contributed by atoms with Gasteiger partial charge in [-0.25, -0.2) is 15.2 Å². The molecule has 0 aliphatic rings. The van der Waals surface area contributed by atoms with Crippen LogP contribution < -0.4 is 14.9 Å². The Balaban J connectivity index is 1.28. The van der Waals surface area contributed by atoms with E-state index in [0.29, 0.717) is 22.6 Å². The van der Waals surface area contributed by atoms with Crippen molar-refractivity contribution in [3.63, 3.8) is 0 Å². The third-order valence-corrected chi connectivity index (χ3v) is 6.58. The summed E-state index contributed by atoms with van der Waals surface area (Å²) >= 11 is 2.92. The number of benzene rings is 3. The van der Waals surface area contributed by atoms with Crippen LogP contribution in [0.4, 0.5) is 0 Å². The number of methoxy groups -OCH3 is 1. The lowest BCUT2D eigenvalue weighted by atomic mass is 10.2. The third-order valence-electron chi connectivity index (χ3n) is 4.40. The van der Waals surface area contributed by atoms with Crippen LogP contribution in [-0.2, 0) is 4.79 Å². The lowest BCUT2D eigenvalue weighted by Crippen LogP contribution is -2.19. The number of para-hydroxylation sites is 1. The summed E-state index contributed by atoms with van der Waals surface area (Å²) in [6.07, 6.45) is 1.49. The van der Waals surface area contributed by atoms with E-state index in [9.17, 15) is 9.59 Å². The van der Waals surface area contributed by atoms with Gasteiger partial charge < -0.3 is 9.47 Å². The number of fused-ring (bicyclic) bond motifs is 1. The molecule has 0 spiro atoms. The molecule has 0 aliphatic heterocycles. The molecule has 1 N–H and O–H groups in total. The second-order valence-electron chi connectivity index (χ2n) is 6.72. The normalized spacial score (nSPS) is 10.9. The predicted molar refractivity (Wildman–Crippen MR) is 130 cm³/mol. The highest BCUT2D eigenvalue weighted by atomic mass is 32.2. The van der Waals surface area contributed by atoms with Gasteiger partial charge in [-0.2, -0.15) is 5.10 Å². The zero-order valence-corrected chi connectivity index (χ0v) is 19.2. The summed E-state index contributed by atoms with van der Waals surface area (Å²) in [5.74, 6) is 0.517. The average Bonchev–Trinajstić information content (AvgIpc) is 3.26. The van der Waals surface area contributed by atoms with Crippen LogP contribution in [0.15, 0.2) is 82.2 Å². The highest BCUT2D eigenvalue weighted by Crippen LogP contribution is 2.29. The Hall–Kier alpha value is -3.69. The van der Waals surface area contributed by atoms with Crippen LogP contribution in [0, 0.1) is 0 Å². The van der Waals surface area contributed by atoms with Crippen molar-refractivity contribution in [1.29, 1.82) is 0 Å². The monoisotopic (exact) mass is 477 g/mol. The molecule has 166 valence electrons. The average molecular weight is 478 g/mol. The highest BCUT2D eigenvalue weighted by molar-refractivity contribution is 8.01. The molecule has 0 atom stereocenters. The van der Waals surface area contributed by atoms with Gasteiger partial charge in [-0.15, -0.1) is 11.3 Å². The summed E-state index contributed by atoms with van der Waals surface area (Å²) in [6, 6.07) is 21.4. The predicted octanol–water partition coefficient (Wildman–Crippen LogP) is 4.77. The number of thiazole rings is 1. The second kappa shape index (κ2) is 10.8. The van der Waals surface area contributed by atoms with E-state index in [1.54, 1.807) is 67.0 Å². The van der Waals surface area contributed by atoms with Gasteiger partial charge in [0.15, 0.2) is 4.34 Å². The van der Waals surface area contributed by atoms with Gasteiger partial charge in [0.25, 0.3) is 5.91 Å². The number of hydrogen-bond donors (Lipinski definition) is 1. The fraction of sp³-hybridized carbons (Fsp3) is 0.0833. The number of hydrazone groups is 1. The minimum atomic E-state index is -0.480. The first-order valence-electron chi connectivity index (χ1n) is 9.87. The SMILES string of the molecule is COc1ccc(C(=O)Oc2cccc(C=NNC(=O)CSc3nc4ccccc4s3)c2)cc1. The van der Waals surface area contributed by atoms with Crippen molar-refractivity contribution in [3.05, 3.63) is 83.9 Å². The van der Waals surface area contributed by atoms with Gasteiger partial charge in [-0.1, -0.05) is 36.0 Å². The summed E-state index contributed by atoms with van der Waals surface area (Å²) < 4.78 is 12.4. The van der Waals surface area contributed by atoms with Crippen molar-refractivity contribution in [1.82, 2.24) is 10.4 Å². The molecule has 7 nitrogen and oxygen atoms in total. The first kappa shape index (κ1) is 22.5. The number of carbonyl (C=O) groups is 2. The number of ether oxygens (including phenoxy) is 2. The first-order valence-corrected chi connectivity index (χ1v) is 11.7. The van der Waals surface area contributed by atoms with Gasteiger partial charge in [-0.3, -0.25) is 4.79 Å². The van der Waals surface area contributed by atoms with Crippen molar-refractivity contribution in [2.75, 3.05) is 12.9 Å².